The van der Waals surface area contributed by atoms with E-state index in [0.717, 1.165) is 48.7 Å². The second-order valence-corrected chi connectivity index (χ2v) is 9.98. The highest BCUT2D eigenvalue weighted by molar-refractivity contribution is 8.00. The maximum atomic E-state index is 11.6. The lowest BCUT2D eigenvalue weighted by atomic mass is 9.88. The van der Waals surface area contributed by atoms with Crippen LogP contribution in [0.5, 0.6) is 0 Å². The monoisotopic (exact) mass is 451 g/mol. The van der Waals surface area contributed by atoms with E-state index in [1.165, 1.54) is 24.4 Å². The molecule has 5 rings (SSSR count). The summed E-state index contributed by atoms with van der Waals surface area (Å²) in [6, 6.07) is 10.2. The molecule has 4 aromatic rings. The summed E-state index contributed by atoms with van der Waals surface area (Å²) in [6.07, 6.45) is 2.34. The van der Waals surface area contributed by atoms with E-state index in [0.29, 0.717) is 6.61 Å². The standard InChI is InChI=1S/C23H21N3O3S2/c1-23(2)9-14-15(10-29-23)18(13-7-5-4-6-8-13)26-21-17(14)19-20(31-21)22(25-12-24-19)30-11-16(27)28-3/h4-8,12H,9-11H2,1-3H3. The van der Waals surface area contributed by atoms with Gasteiger partial charge in [0.15, 0.2) is 0 Å². The topological polar surface area (TPSA) is 74.2 Å². The number of methoxy groups -OCH3 is 1. The van der Waals surface area contributed by atoms with E-state index in [9.17, 15) is 4.79 Å². The third kappa shape index (κ3) is 3.69. The maximum Gasteiger partial charge on any atom is 0.316 e. The summed E-state index contributed by atoms with van der Waals surface area (Å²) >= 11 is 2.95. The Morgan fingerprint density at radius 1 is 1.23 bits per heavy atom. The molecular formula is C23H21N3O3S2. The third-order valence-electron chi connectivity index (χ3n) is 5.40. The van der Waals surface area contributed by atoms with E-state index >= 15 is 0 Å². The summed E-state index contributed by atoms with van der Waals surface area (Å²) in [5.74, 6) is -0.0722. The van der Waals surface area contributed by atoms with Gasteiger partial charge in [-0.25, -0.2) is 15.0 Å². The summed E-state index contributed by atoms with van der Waals surface area (Å²) in [4.78, 5) is 26.7. The molecule has 4 heterocycles. The first-order chi connectivity index (χ1) is 15.0. The minimum absolute atomic E-state index is 0.207. The summed E-state index contributed by atoms with van der Waals surface area (Å²) in [5.41, 5.74) is 5.03. The number of thiophene rings is 1. The number of carbonyl (C=O) groups excluding carboxylic acids is 1. The molecule has 0 N–H and O–H groups in total. The van der Waals surface area contributed by atoms with Gasteiger partial charge < -0.3 is 9.47 Å². The van der Waals surface area contributed by atoms with Gasteiger partial charge in [-0.15, -0.1) is 11.3 Å². The van der Waals surface area contributed by atoms with Crippen molar-refractivity contribution in [1.82, 2.24) is 15.0 Å². The number of benzene rings is 1. The fourth-order valence-electron chi connectivity index (χ4n) is 3.91. The van der Waals surface area contributed by atoms with Gasteiger partial charge in [0.1, 0.15) is 16.2 Å². The fourth-order valence-corrected chi connectivity index (χ4v) is 5.98. The molecular weight excluding hydrogens is 430 g/mol. The Labute approximate surface area is 188 Å². The van der Waals surface area contributed by atoms with Crippen molar-refractivity contribution in [3.63, 3.8) is 0 Å². The van der Waals surface area contributed by atoms with Crippen LogP contribution in [-0.4, -0.2) is 39.4 Å². The number of fused-ring (bicyclic) bond motifs is 5. The Kier molecular flexibility index (Phi) is 5.16. The van der Waals surface area contributed by atoms with Crippen molar-refractivity contribution in [3.05, 3.63) is 47.8 Å². The first-order valence-corrected chi connectivity index (χ1v) is 11.7. The normalized spacial score (nSPS) is 15.2. The Morgan fingerprint density at radius 3 is 2.81 bits per heavy atom. The molecule has 0 unspecified atom stereocenters. The number of rotatable bonds is 4. The Bertz CT molecular complexity index is 1300. The van der Waals surface area contributed by atoms with Crippen LogP contribution in [0, 0.1) is 0 Å². The Hall–Kier alpha value is -2.55. The molecule has 31 heavy (non-hydrogen) atoms. The van der Waals surface area contributed by atoms with Crippen molar-refractivity contribution < 1.29 is 14.3 Å². The Morgan fingerprint density at radius 2 is 2.03 bits per heavy atom. The van der Waals surface area contributed by atoms with Gasteiger partial charge in [-0.3, -0.25) is 4.79 Å². The number of hydrogen-bond donors (Lipinski definition) is 0. The minimum atomic E-state index is -0.279. The number of thioether (sulfide) groups is 1. The zero-order valence-corrected chi connectivity index (χ0v) is 19.1. The van der Waals surface area contributed by atoms with Crippen LogP contribution in [0.2, 0.25) is 0 Å². The van der Waals surface area contributed by atoms with Gasteiger partial charge in [0, 0.05) is 22.9 Å². The lowest BCUT2D eigenvalue weighted by Gasteiger charge is -2.33. The average molecular weight is 452 g/mol. The molecule has 0 saturated heterocycles. The molecule has 0 spiro atoms. The van der Waals surface area contributed by atoms with Crippen molar-refractivity contribution >= 4 is 49.5 Å². The SMILES string of the molecule is COC(=O)CSc1ncnc2c1sc1nc(-c3ccccc3)c3c(c12)CC(C)(C)OC3. The van der Waals surface area contributed by atoms with E-state index < -0.39 is 0 Å². The smallest absolute Gasteiger partial charge is 0.316 e. The van der Waals surface area contributed by atoms with Gasteiger partial charge in [-0.05, 0) is 19.4 Å². The number of ether oxygens (including phenoxy) is 2. The van der Waals surface area contributed by atoms with E-state index in [4.69, 9.17) is 14.5 Å². The molecule has 1 aliphatic rings. The van der Waals surface area contributed by atoms with Crippen molar-refractivity contribution in [1.29, 1.82) is 0 Å². The molecule has 0 bridgehead atoms. The Balaban J connectivity index is 1.76. The highest BCUT2D eigenvalue weighted by Gasteiger charge is 2.32. The summed E-state index contributed by atoms with van der Waals surface area (Å²) < 4.78 is 11.9. The third-order valence-corrected chi connectivity index (χ3v) is 7.57. The van der Waals surface area contributed by atoms with Gasteiger partial charge >= 0.3 is 5.97 Å². The van der Waals surface area contributed by atoms with E-state index in [-0.39, 0.29) is 17.3 Å². The van der Waals surface area contributed by atoms with Gasteiger partial charge in [-0.1, -0.05) is 42.1 Å². The summed E-state index contributed by atoms with van der Waals surface area (Å²) in [7, 11) is 1.39. The van der Waals surface area contributed by atoms with Crippen molar-refractivity contribution in [2.75, 3.05) is 12.9 Å². The number of aromatic nitrogens is 3. The number of pyridine rings is 1. The highest BCUT2D eigenvalue weighted by Crippen LogP contribution is 2.44. The van der Waals surface area contributed by atoms with Crippen molar-refractivity contribution in [2.24, 2.45) is 0 Å². The van der Waals surface area contributed by atoms with E-state index in [1.54, 1.807) is 17.7 Å². The van der Waals surface area contributed by atoms with Crippen molar-refractivity contribution in [3.8, 4) is 11.3 Å². The first kappa shape index (κ1) is 20.4. The minimum Gasteiger partial charge on any atom is -0.468 e. The first-order valence-electron chi connectivity index (χ1n) is 9.95. The van der Waals surface area contributed by atoms with Crippen LogP contribution in [0.25, 0.3) is 31.7 Å². The lowest BCUT2D eigenvalue weighted by Crippen LogP contribution is -2.32. The van der Waals surface area contributed by atoms with Gasteiger partial charge in [0.25, 0.3) is 0 Å². The molecule has 0 fully saturated rings. The predicted octanol–water partition coefficient (Wildman–Crippen LogP) is 5.02. The zero-order chi connectivity index (χ0) is 21.6. The maximum absolute atomic E-state index is 11.6. The van der Waals surface area contributed by atoms with Crippen LogP contribution in [0.3, 0.4) is 0 Å². The molecule has 158 valence electrons. The number of esters is 1. The summed E-state index contributed by atoms with van der Waals surface area (Å²) in [6.45, 7) is 4.75. The largest absolute Gasteiger partial charge is 0.468 e. The van der Waals surface area contributed by atoms with Crippen LogP contribution < -0.4 is 0 Å². The van der Waals surface area contributed by atoms with Gasteiger partial charge in [0.2, 0.25) is 0 Å². The molecule has 0 amide bonds. The molecule has 0 saturated carbocycles. The van der Waals surface area contributed by atoms with E-state index in [2.05, 4.69) is 35.9 Å². The number of hydrogen-bond acceptors (Lipinski definition) is 8. The summed E-state index contributed by atoms with van der Waals surface area (Å²) in [5, 5.41) is 1.85. The van der Waals surface area contributed by atoms with Crippen LogP contribution in [0.4, 0.5) is 0 Å². The average Bonchev–Trinajstić information content (AvgIpc) is 3.16. The number of nitrogens with zero attached hydrogens (tertiary/aromatic N) is 3. The molecule has 1 aromatic carbocycles. The van der Waals surface area contributed by atoms with Crippen molar-refractivity contribution in [2.45, 2.75) is 37.5 Å². The molecule has 1 aliphatic heterocycles. The quantitative estimate of drug-likeness (QED) is 0.245. The van der Waals surface area contributed by atoms with E-state index in [1.807, 2.05) is 18.2 Å². The van der Waals surface area contributed by atoms with Gasteiger partial charge in [0.05, 0.1) is 41.0 Å². The fraction of sp³-hybridized carbons (Fsp3) is 0.304. The van der Waals surface area contributed by atoms with Gasteiger partial charge in [-0.2, -0.15) is 0 Å². The zero-order valence-electron chi connectivity index (χ0n) is 17.5. The molecule has 6 nitrogen and oxygen atoms in total. The number of carbonyl (C=O) groups is 1. The molecule has 0 atom stereocenters. The van der Waals surface area contributed by atoms with Crippen LogP contribution in [0.15, 0.2) is 41.7 Å². The highest BCUT2D eigenvalue weighted by atomic mass is 32.2. The lowest BCUT2D eigenvalue weighted by molar-refractivity contribution is -0.137. The molecule has 0 radical (unpaired) electrons. The second kappa shape index (κ2) is 7.85. The van der Waals surface area contributed by atoms with Crippen LogP contribution in [-0.2, 0) is 27.3 Å². The molecule has 0 aliphatic carbocycles. The van der Waals surface area contributed by atoms with Crippen LogP contribution in [0.1, 0.15) is 25.0 Å². The van der Waals surface area contributed by atoms with Crippen LogP contribution >= 0.6 is 23.1 Å². The molecule has 8 heteroatoms. The predicted molar refractivity (Wildman–Crippen MR) is 123 cm³/mol. The molecule has 3 aromatic heterocycles. The second-order valence-electron chi connectivity index (χ2n) is 8.01.